The molecule has 1 amide bonds. The van der Waals surface area contributed by atoms with E-state index in [1.165, 1.54) is 11.4 Å². The Kier molecular flexibility index (Phi) is 4.63. The van der Waals surface area contributed by atoms with E-state index in [0.717, 1.165) is 0 Å². The number of nitrogens with zero attached hydrogens (tertiary/aromatic N) is 3. The maximum atomic E-state index is 13.2. The predicted octanol–water partition coefficient (Wildman–Crippen LogP) is 0.0170. The Bertz CT molecular complexity index is 879. The van der Waals surface area contributed by atoms with Gasteiger partial charge in [0, 0.05) is 32.0 Å². The summed E-state index contributed by atoms with van der Waals surface area (Å²) < 4.78 is 29.2. The standard InChI is InChI=1S/C16H21N5O3S/c1-11-4-5-13(20-7-3-6-19-20)9-15(11)25(23,24)21-10-12(17)8-14(21)16(22)18-2/h3-7,9,12,14H,8,10,17H2,1-2H3,(H,18,22)/t12-,14+/m1/s1. The van der Waals surface area contributed by atoms with Crippen LogP contribution in [0.3, 0.4) is 0 Å². The lowest BCUT2D eigenvalue weighted by atomic mass is 10.2. The van der Waals surface area contributed by atoms with Gasteiger partial charge in [0.25, 0.3) is 0 Å². The van der Waals surface area contributed by atoms with Gasteiger partial charge in [-0.1, -0.05) is 6.07 Å². The lowest BCUT2D eigenvalue weighted by Crippen LogP contribution is -2.45. The Morgan fingerprint density at radius 3 is 2.80 bits per heavy atom. The molecule has 0 radical (unpaired) electrons. The summed E-state index contributed by atoms with van der Waals surface area (Å²) >= 11 is 0. The van der Waals surface area contributed by atoms with E-state index >= 15 is 0 Å². The van der Waals surface area contributed by atoms with Crippen molar-refractivity contribution in [3.05, 3.63) is 42.2 Å². The quantitative estimate of drug-likeness (QED) is 0.795. The highest BCUT2D eigenvalue weighted by Crippen LogP contribution is 2.29. The smallest absolute Gasteiger partial charge is 0.244 e. The molecule has 25 heavy (non-hydrogen) atoms. The van der Waals surface area contributed by atoms with E-state index in [-0.39, 0.29) is 23.4 Å². The second-order valence-corrected chi connectivity index (χ2v) is 7.96. The molecule has 2 heterocycles. The Morgan fingerprint density at radius 2 is 2.16 bits per heavy atom. The van der Waals surface area contributed by atoms with Crippen molar-refractivity contribution < 1.29 is 13.2 Å². The fourth-order valence-corrected chi connectivity index (χ4v) is 4.97. The first-order valence-corrected chi connectivity index (χ1v) is 9.38. The number of aryl methyl sites for hydroxylation is 1. The molecule has 134 valence electrons. The van der Waals surface area contributed by atoms with Crippen LogP contribution in [-0.2, 0) is 14.8 Å². The molecule has 2 atom stereocenters. The summed E-state index contributed by atoms with van der Waals surface area (Å²) in [6.45, 7) is 1.84. The number of hydrogen-bond donors (Lipinski definition) is 2. The van der Waals surface area contributed by atoms with Crippen LogP contribution in [0.15, 0.2) is 41.6 Å². The molecule has 1 fully saturated rings. The number of nitrogens with two attached hydrogens (primary N) is 1. The molecule has 0 bridgehead atoms. The SMILES string of the molecule is CNC(=O)[C@@H]1C[C@@H](N)CN1S(=O)(=O)c1cc(-n2cccn2)ccc1C. The van der Waals surface area contributed by atoms with E-state index < -0.39 is 16.1 Å². The van der Waals surface area contributed by atoms with Crippen molar-refractivity contribution in [2.24, 2.45) is 5.73 Å². The largest absolute Gasteiger partial charge is 0.358 e. The van der Waals surface area contributed by atoms with Gasteiger partial charge in [0.2, 0.25) is 15.9 Å². The molecule has 1 aliphatic rings. The molecule has 0 spiro atoms. The predicted molar refractivity (Wildman–Crippen MR) is 92.6 cm³/mol. The minimum Gasteiger partial charge on any atom is -0.358 e. The van der Waals surface area contributed by atoms with Crippen molar-refractivity contribution in [3.63, 3.8) is 0 Å². The summed E-state index contributed by atoms with van der Waals surface area (Å²) in [5.41, 5.74) is 7.16. The summed E-state index contributed by atoms with van der Waals surface area (Å²) in [6.07, 6.45) is 3.66. The molecule has 1 aliphatic heterocycles. The summed E-state index contributed by atoms with van der Waals surface area (Å²) in [7, 11) is -2.38. The average molecular weight is 363 g/mol. The summed E-state index contributed by atoms with van der Waals surface area (Å²) in [6, 6.07) is 5.70. The van der Waals surface area contributed by atoms with Crippen molar-refractivity contribution in [3.8, 4) is 5.69 Å². The lowest BCUT2D eigenvalue weighted by Gasteiger charge is -2.23. The molecular weight excluding hydrogens is 342 g/mol. The maximum Gasteiger partial charge on any atom is 0.244 e. The number of aromatic nitrogens is 2. The third-order valence-electron chi connectivity index (χ3n) is 4.36. The van der Waals surface area contributed by atoms with Crippen LogP contribution in [0, 0.1) is 6.92 Å². The van der Waals surface area contributed by atoms with Gasteiger partial charge in [0.1, 0.15) is 6.04 Å². The van der Waals surface area contributed by atoms with Crippen molar-refractivity contribution in [2.45, 2.75) is 30.3 Å². The second-order valence-electron chi connectivity index (χ2n) is 6.10. The number of hydrogen-bond acceptors (Lipinski definition) is 5. The molecule has 3 N–H and O–H groups in total. The molecule has 9 heteroatoms. The molecule has 1 aromatic heterocycles. The van der Waals surface area contributed by atoms with Gasteiger partial charge < -0.3 is 11.1 Å². The molecular formula is C16H21N5O3S. The maximum absolute atomic E-state index is 13.2. The summed E-state index contributed by atoms with van der Waals surface area (Å²) in [4.78, 5) is 12.3. The van der Waals surface area contributed by atoms with Gasteiger partial charge >= 0.3 is 0 Å². The van der Waals surface area contributed by atoms with Crippen LogP contribution in [0.2, 0.25) is 0 Å². The van der Waals surface area contributed by atoms with Gasteiger partial charge in [-0.25, -0.2) is 13.1 Å². The topological polar surface area (TPSA) is 110 Å². The molecule has 0 aliphatic carbocycles. The van der Waals surface area contributed by atoms with Crippen molar-refractivity contribution >= 4 is 15.9 Å². The minimum atomic E-state index is -3.87. The molecule has 1 aromatic carbocycles. The van der Waals surface area contributed by atoms with E-state index in [2.05, 4.69) is 10.4 Å². The third-order valence-corrected chi connectivity index (χ3v) is 6.38. The fraction of sp³-hybridized carbons (Fsp3) is 0.375. The first-order valence-electron chi connectivity index (χ1n) is 7.94. The highest BCUT2D eigenvalue weighted by atomic mass is 32.2. The number of sulfonamides is 1. The monoisotopic (exact) mass is 363 g/mol. The van der Waals surface area contributed by atoms with Crippen LogP contribution in [0.4, 0.5) is 0 Å². The number of carbonyl (C=O) groups excluding carboxylic acids is 1. The zero-order chi connectivity index (χ0) is 18.2. The highest BCUT2D eigenvalue weighted by molar-refractivity contribution is 7.89. The van der Waals surface area contributed by atoms with Crippen LogP contribution in [0.1, 0.15) is 12.0 Å². The molecule has 0 unspecified atom stereocenters. The van der Waals surface area contributed by atoms with Gasteiger partial charge in [-0.05, 0) is 37.1 Å². The first-order chi connectivity index (χ1) is 11.8. The molecule has 0 saturated carbocycles. The Morgan fingerprint density at radius 1 is 1.40 bits per heavy atom. The fourth-order valence-electron chi connectivity index (χ4n) is 3.06. The molecule has 8 nitrogen and oxygen atoms in total. The van der Waals surface area contributed by atoms with Crippen LogP contribution >= 0.6 is 0 Å². The molecule has 3 rings (SSSR count). The van der Waals surface area contributed by atoms with Gasteiger partial charge in [0.05, 0.1) is 10.6 Å². The van der Waals surface area contributed by atoms with Crippen LogP contribution < -0.4 is 11.1 Å². The first kappa shape index (κ1) is 17.6. The average Bonchev–Trinajstić information content (AvgIpc) is 3.24. The van der Waals surface area contributed by atoms with Crippen LogP contribution in [-0.4, -0.2) is 54.1 Å². The Labute approximate surface area is 146 Å². The summed E-state index contributed by atoms with van der Waals surface area (Å²) in [5, 5.41) is 6.64. The van der Waals surface area contributed by atoms with Crippen LogP contribution in [0.5, 0.6) is 0 Å². The normalized spacial score (nSPS) is 21.4. The van der Waals surface area contributed by atoms with E-state index in [9.17, 15) is 13.2 Å². The number of amides is 1. The second kappa shape index (κ2) is 6.58. The molecule has 2 aromatic rings. The summed E-state index contributed by atoms with van der Waals surface area (Å²) in [5.74, 6) is -0.350. The number of likely N-dealkylation sites (N-methyl/N-ethyl adjacent to an activating group) is 1. The van der Waals surface area contributed by atoms with E-state index in [0.29, 0.717) is 17.7 Å². The van der Waals surface area contributed by atoms with E-state index in [1.807, 2.05) is 0 Å². The Hall–Kier alpha value is -2.23. The van der Waals surface area contributed by atoms with Crippen molar-refractivity contribution in [1.29, 1.82) is 0 Å². The highest BCUT2D eigenvalue weighted by Gasteiger charge is 2.43. The van der Waals surface area contributed by atoms with Gasteiger partial charge in [-0.2, -0.15) is 9.40 Å². The van der Waals surface area contributed by atoms with Gasteiger partial charge in [-0.3, -0.25) is 4.79 Å². The zero-order valence-electron chi connectivity index (χ0n) is 14.1. The van der Waals surface area contributed by atoms with Crippen molar-refractivity contribution in [1.82, 2.24) is 19.4 Å². The lowest BCUT2D eigenvalue weighted by molar-refractivity contribution is -0.123. The third kappa shape index (κ3) is 3.17. The zero-order valence-corrected chi connectivity index (χ0v) is 14.9. The van der Waals surface area contributed by atoms with Gasteiger partial charge in [0.15, 0.2) is 0 Å². The van der Waals surface area contributed by atoms with Gasteiger partial charge in [-0.15, -0.1) is 0 Å². The minimum absolute atomic E-state index is 0.117. The number of rotatable bonds is 4. The van der Waals surface area contributed by atoms with E-state index in [1.54, 1.807) is 48.3 Å². The number of nitrogens with one attached hydrogen (secondary N) is 1. The van der Waals surface area contributed by atoms with E-state index in [4.69, 9.17) is 5.73 Å². The van der Waals surface area contributed by atoms with Crippen molar-refractivity contribution in [2.75, 3.05) is 13.6 Å². The molecule has 1 saturated heterocycles. The van der Waals surface area contributed by atoms with Crippen LogP contribution in [0.25, 0.3) is 5.69 Å². The number of benzene rings is 1. The number of carbonyl (C=O) groups is 1. The Balaban J connectivity index is 2.05.